The number of hydrogen-bond donors (Lipinski definition) is 2. The second-order valence-electron chi connectivity index (χ2n) is 4.25. The van der Waals surface area contributed by atoms with E-state index in [0.717, 1.165) is 4.57 Å². The average Bonchev–Trinajstić information content (AvgIpc) is 2.38. The van der Waals surface area contributed by atoms with Gasteiger partial charge in [-0.15, -0.1) is 0 Å². The van der Waals surface area contributed by atoms with E-state index >= 15 is 0 Å². The molecule has 0 saturated carbocycles. The summed E-state index contributed by atoms with van der Waals surface area (Å²) in [4.78, 5) is 34.4. The first kappa shape index (κ1) is 15.2. The van der Waals surface area contributed by atoms with Gasteiger partial charge in [-0.25, -0.2) is 4.79 Å². The molecule has 0 aromatic carbocycles. The summed E-state index contributed by atoms with van der Waals surface area (Å²) in [7, 11) is 3.06. The van der Waals surface area contributed by atoms with Crippen LogP contribution >= 0.6 is 0 Å². The minimum atomic E-state index is -0.354. The van der Waals surface area contributed by atoms with Crippen LogP contribution in [0.4, 0.5) is 0 Å². The number of hydrogen-bond acceptors (Lipinski definition) is 4. The molecule has 0 aliphatic heterocycles. The van der Waals surface area contributed by atoms with Gasteiger partial charge in [0.1, 0.15) is 0 Å². The molecule has 1 aromatic rings. The van der Waals surface area contributed by atoms with Gasteiger partial charge < -0.3 is 10.6 Å². The minimum absolute atomic E-state index is 0.0205. The Morgan fingerprint density at radius 2 is 1.95 bits per heavy atom. The third-order valence-corrected chi connectivity index (χ3v) is 2.83. The lowest BCUT2D eigenvalue weighted by atomic mass is 10.3. The molecule has 0 spiro atoms. The highest BCUT2D eigenvalue weighted by atomic mass is 16.2. The number of nitrogens with zero attached hydrogens (tertiary/aromatic N) is 2. The lowest BCUT2D eigenvalue weighted by Crippen LogP contribution is -2.39. The van der Waals surface area contributed by atoms with Gasteiger partial charge in [0.05, 0.1) is 0 Å². The second kappa shape index (κ2) is 6.89. The van der Waals surface area contributed by atoms with Gasteiger partial charge in [-0.2, -0.15) is 0 Å². The van der Waals surface area contributed by atoms with E-state index in [4.69, 9.17) is 0 Å². The molecule has 0 bridgehead atoms. The Balaban J connectivity index is 2.58. The Morgan fingerprint density at radius 3 is 2.58 bits per heavy atom. The fraction of sp³-hybridized carbons (Fsp3) is 0.583. The van der Waals surface area contributed by atoms with Crippen molar-refractivity contribution >= 4 is 5.91 Å². The van der Waals surface area contributed by atoms with Crippen molar-refractivity contribution in [2.24, 2.45) is 14.1 Å². The molecular formula is C12H20N4O3. The monoisotopic (exact) mass is 268 g/mol. The van der Waals surface area contributed by atoms with Crippen molar-refractivity contribution in [3.63, 3.8) is 0 Å². The van der Waals surface area contributed by atoms with Crippen LogP contribution in [0.2, 0.25) is 0 Å². The van der Waals surface area contributed by atoms with Crippen LogP contribution in [-0.4, -0.2) is 28.1 Å². The smallest absolute Gasteiger partial charge is 0.330 e. The average molecular weight is 268 g/mol. The first-order valence-electron chi connectivity index (χ1n) is 6.20. The van der Waals surface area contributed by atoms with E-state index in [9.17, 15) is 14.4 Å². The van der Waals surface area contributed by atoms with Crippen LogP contribution in [0.25, 0.3) is 0 Å². The molecule has 2 N–H and O–H groups in total. The molecular weight excluding hydrogens is 248 g/mol. The molecule has 1 heterocycles. The van der Waals surface area contributed by atoms with Crippen LogP contribution < -0.4 is 21.9 Å². The van der Waals surface area contributed by atoms with E-state index in [1.54, 1.807) is 7.05 Å². The van der Waals surface area contributed by atoms with Crippen LogP contribution in [0.5, 0.6) is 0 Å². The van der Waals surface area contributed by atoms with Crippen LogP contribution in [-0.2, 0) is 25.4 Å². The van der Waals surface area contributed by atoms with Gasteiger partial charge in [0, 0.05) is 51.9 Å². The standard InChI is InChI=1S/C12H20N4O3/c1-4-14-10(17)5-6-13-8-9-7-11(18)16(3)12(19)15(9)2/h7,13H,4-6,8H2,1-3H3,(H,14,17). The molecule has 1 rings (SSSR count). The molecule has 0 radical (unpaired) electrons. The third kappa shape index (κ3) is 4.06. The molecule has 1 aromatic heterocycles. The van der Waals surface area contributed by atoms with Crippen LogP contribution in [0.1, 0.15) is 19.0 Å². The van der Waals surface area contributed by atoms with E-state index in [1.807, 2.05) is 6.92 Å². The number of aromatic nitrogens is 2. The summed E-state index contributed by atoms with van der Waals surface area (Å²) in [5, 5.41) is 5.73. The number of carbonyl (C=O) groups is 1. The molecule has 0 aliphatic rings. The number of nitrogens with one attached hydrogen (secondary N) is 2. The van der Waals surface area contributed by atoms with Crippen molar-refractivity contribution in [2.75, 3.05) is 13.1 Å². The summed E-state index contributed by atoms with van der Waals surface area (Å²) in [5.74, 6) is -0.0205. The highest BCUT2D eigenvalue weighted by Crippen LogP contribution is 1.90. The highest BCUT2D eigenvalue weighted by molar-refractivity contribution is 5.75. The van der Waals surface area contributed by atoms with E-state index in [2.05, 4.69) is 10.6 Å². The molecule has 0 unspecified atom stereocenters. The Bertz CT molecular complexity index is 559. The van der Waals surface area contributed by atoms with Crippen LogP contribution in [0, 0.1) is 0 Å². The second-order valence-corrected chi connectivity index (χ2v) is 4.25. The lowest BCUT2D eigenvalue weighted by molar-refractivity contribution is -0.120. The van der Waals surface area contributed by atoms with Crippen molar-refractivity contribution < 1.29 is 4.79 Å². The van der Waals surface area contributed by atoms with Gasteiger partial charge in [0.15, 0.2) is 0 Å². The SMILES string of the molecule is CCNC(=O)CCNCc1cc(=O)n(C)c(=O)n1C. The molecule has 7 heteroatoms. The Hall–Kier alpha value is -1.89. The Morgan fingerprint density at radius 1 is 1.26 bits per heavy atom. The predicted octanol–water partition coefficient (Wildman–Crippen LogP) is -1.30. The van der Waals surface area contributed by atoms with Crippen molar-refractivity contribution in [2.45, 2.75) is 19.9 Å². The van der Waals surface area contributed by atoms with Crippen LogP contribution in [0.15, 0.2) is 15.7 Å². The molecule has 19 heavy (non-hydrogen) atoms. The van der Waals surface area contributed by atoms with Gasteiger partial charge in [0.25, 0.3) is 5.56 Å². The van der Waals surface area contributed by atoms with Gasteiger partial charge in [0.2, 0.25) is 5.91 Å². The van der Waals surface area contributed by atoms with E-state index in [-0.39, 0.29) is 17.2 Å². The molecule has 7 nitrogen and oxygen atoms in total. The summed E-state index contributed by atoms with van der Waals surface area (Å²) >= 11 is 0. The summed E-state index contributed by atoms with van der Waals surface area (Å²) in [5.41, 5.74) is -0.0827. The molecule has 0 aliphatic carbocycles. The zero-order chi connectivity index (χ0) is 14.4. The maximum atomic E-state index is 11.7. The first-order valence-corrected chi connectivity index (χ1v) is 6.20. The summed E-state index contributed by atoms with van der Waals surface area (Å²) < 4.78 is 2.47. The Kier molecular flexibility index (Phi) is 5.50. The maximum absolute atomic E-state index is 11.7. The molecule has 0 atom stereocenters. The molecule has 106 valence electrons. The van der Waals surface area contributed by atoms with Gasteiger partial charge in [-0.1, -0.05) is 0 Å². The van der Waals surface area contributed by atoms with Crippen LogP contribution in [0.3, 0.4) is 0 Å². The lowest BCUT2D eigenvalue weighted by Gasteiger charge is -2.10. The fourth-order valence-corrected chi connectivity index (χ4v) is 1.65. The maximum Gasteiger partial charge on any atom is 0.330 e. The zero-order valence-corrected chi connectivity index (χ0v) is 11.5. The van der Waals surface area contributed by atoms with Crippen molar-refractivity contribution in [3.05, 3.63) is 32.6 Å². The quantitative estimate of drug-likeness (QED) is 0.628. The highest BCUT2D eigenvalue weighted by Gasteiger charge is 2.05. The Labute approximate surface area is 111 Å². The number of carbonyl (C=O) groups excluding carboxylic acids is 1. The van der Waals surface area contributed by atoms with Gasteiger partial charge in [-0.3, -0.25) is 18.7 Å². The van der Waals surface area contributed by atoms with E-state index in [0.29, 0.717) is 31.7 Å². The summed E-state index contributed by atoms with van der Waals surface area (Å²) in [6.07, 6.45) is 0.368. The third-order valence-electron chi connectivity index (χ3n) is 2.83. The zero-order valence-electron chi connectivity index (χ0n) is 11.5. The van der Waals surface area contributed by atoms with Gasteiger partial charge in [-0.05, 0) is 6.92 Å². The number of rotatable bonds is 6. The van der Waals surface area contributed by atoms with Crippen molar-refractivity contribution in [1.29, 1.82) is 0 Å². The number of amides is 1. The van der Waals surface area contributed by atoms with Gasteiger partial charge >= 0.3 is 5.69 Å². The summed E-state index contributed by atoms with van der Waals surface area (Å²) in [6.45, 7) is 3.35. The normalized spacial score (nSPS) is 10.5. The molecule has 0 saturated heterocycles. The van der Waals surface area contributed by atoms with E-state index < -0.39 is 0 Å². The van der Waals surface area contributed by atoms with Crippen molar-refractivity contribution in [1.82, 2.24) is 19.8 Å². The minimum Gasteiger partial charge on any atom is -0.356 e. The van der Waals surface area contributed by atoms with Crippen molar-refractivity contribution in [3.8, 4) is 0 Å². The topological polar surface area (TPSA) is 85.1 Å². The largest absolute Gasteiger partial charge is 0.356 e. The first-order chi connectivity index (χ1) is 8.97. The summed E-state index contributed by atoms with van der Waals surface area (Å²) in [6, 6.07) is 1.42. The fourth-order valence-electron chi connectivity index (χ4n) is 1.65. The van der Waals surface area contributed by atoms with E-state index in [1.165, 1.54) is 17.7 Å². The predicted molar refractivity (Wildman–Crippen MR) is 71.9 cm³/mol. The molecule has 1 amide bonds. The molecule has 0 fully saturated rings.